The number of hydrogen-bond donors (Lipinski definition) is 4. The van der Waals surface area contributed by atoms with Crippen molar-refractivity contribution in [2.75, 3.05) is 42.3 Å². The molecule has 4 N–H and O–H groups in total. The molecule has 3 aliphatic rings. The summed E-state index contributed by atoms with van der Waals surface area (Å²) in [7, 11) is 4.99. The van der Waals surface area contributed by atoms with Crippen molar-refractivity contribution in [1.82, 2.24) is 39.9 Å². The van der Waals surface area contributed by atoms with Gasteiger partial charge in [-0.25, -0.2) is 9.97 Å². The van der Waals surface area contributed by atoms with Crippen LogP contribution in [0.25, 0.3) is 21.9 Å². The van der Waals surface area contributed by atoms with Gasteiger partial charge < -0.3 is 25.6 Å². The SMILES string of the molecule is CNC(=O)COc1cc2cc(Nc3nc(N4CC5(CC[C@H](Nc6cccc7c(C8CCC(=O)NC8=O)nn(C)c67)[C@@H](C)C5)C4)ncc3Cl)cnc2n(C)c1=O. The Morgan fingerprint density at radius 3 is 2.69 bits per heavy atom. The standard InChI is InChI=1S/C38H42ClN11O5/c1-20-14-38(11-10-26(20)44-27-7-5-6-23-31(47-49(4)32(23)27)24-8-9-29(51)45-35(24)53)18-50(19-38)37-42-16-25(39)33(46-37)43-22-12-21-13-28(55-17-30(52)40-2)36(54)48(3)34(21)41-15-22/h5-7,12-13,15-16,20,24,26,44H,8-11,14,17-19H2,1-4H3,(H,40,52)(H,42,43,46)(H,45,51,53)/t20-,24?,26-/m0/s1. The Bertz CT molecular complexity index is 2420. The topological polar surface area (TPSA) is 190 Å². The molecular formula is C38H42ClN11O5. The van der Waals surface area contributed by atoms with E-state index >= 15 is 0 Å². The van der Waals surface area contributed by atoms with Crippen LogP contribution in [0, 0.1) is 11.3 Å². The summed E-state index contributed by atoms with van der Waals surface area (Å²) < 4.78 is 8.70. The molecule has 55 heavy (non-hydrogen) atoms. The Morgan fingerprint density at radius 2 is 1.93 bits per heavy atom. The number of para-hydroxylation sites is 1. The van der Waals surface area contributed by atoms with Gasteiger partial charge in [0.25, 0.3) is 11.5 Å². The average molecular weight is 768 g/mol. The molecule has 4 aromatic heterocycles. The summed E-state index contributed by atoms with van der Waals surface area (Å²) in [5.74, 6) is 0.127. The highest BCUT2D eigenvalue weighted by molar-refractivity contribution is 6.33. The lowest BCUT2D eigenvalue weighted by Crippen LogP contribution is -2.60. The lowest BCUT2D eigenvalue weighted by atomic mass is 9.64. The summed E-state index contributed by atoms with van der Waals surface area (Å²) in [5.41, 5.74) is 3.46. The highest BCUT2D eigenvalue weighted by atomic mass is 35.5. The number of imide groups is 1. The summed E-state index contributed by atoms with van der Waals surface area (Å²) in [6.45, 7) is 3.69. The van der Waals surface area contributed by atoms with Crippen molar-refractivity contribution in [2.24, 2.45) is 25.4 Å². The number of likely N-dealkylation sites (N-methyl/N-ethyl adjacent to an activating group) is 1. The molecule has 2 aliphatic heterocycles. The lowest BCUT2D eigenvalue weighted by Gasteiger charge is -2.55. The maximum Gasteiger partial charge on any atom is 0.294 e. The smallest absolute Gasteiger partial charge is 0.294 e. The number of ether oxygens (including phenoxy) is 1. The van der Waals surface area contributed by atoms with E-state index in [0.29, 0.717) is 58.0 Å². The van der Waals surface area contributed by atoms with Gasteiger partial charge in [0.05, 0.1) is 40.9 Å². The van der Waals surface area contributed by atoms with Crippen molar-refractivity contribution in [3.8, 4) is 5.75 Å². The predicted octanol–water partition coefficient (Wildman–Crippen LogP) is 3.76. The number of halogens is 1. The summed E-state index contributed by atoms with van der Waals surface area (Å²) in [6, 6.07) is 9.71. The van der Waals surface area contributed by atoms with Gasteiger partial charge in [-0.05, 0) is 49.8 Å². The minimum atomic E-state index is -0.450. The number of rotatable bonds is 9. The first-order valence-electron chi connectivity index (χ1n) is 18.4. The van der Waals surface area contributed by atoms with E-state index in [1.807, 2.05) is 29.9 Å². The molecule has 1 unspecified atom stereocenters. The van der Waals surface area contributed by atoms with Crippen molar-refractivity contribution < 1.29 is 19.1 Å². The number of nitrogens with one attached hydrogen (secondary N) is 4. The number of benzene rings is 1. The highest BCUT2D eigenvalue weighted by Crippen LogP contribution is 2.48. The minimum absolute atomic E-state index is 0.0390. The second kappa shape index (κ2) is 14.1. The number of aryl methyl sites for hydroxylation is 2. The van der Waals surface area contributed by atoms with Crippen LogP contribution in [0.1, 0.15) is 50.6 Å². The van der Waals surface area contributed by atoms with Crippen molar-refractivity contribution in [3.63, 3.8) is 0 Å². The van der Waals surface area contributed by atoms with E-state index in [0.717, 1.165) is 48.9 Å². The van der Waals surface area contributed by atoms with Crippen LogP contribution in [0.5, 0.6) is 5.75 Å². The molecule has 3 amide bonds. The van der Waals surface area contributed by atoms with E-state index in [1.54, 1.807) is 25.5 Å². The summed E-state index contributed by atoms with van der Waals surface area (Å²) in [6.07, 6.45) is 7.05. The van der Waals surface area contributed by atoms with Crippen LogP contribution in [0.3, 0.4) is 0 Å². The van der Waals surface area contributed by atoms with E-state index in [4.69, 9.17) is 26.4 Å². The van der Waals surface area contributed by atoms with Gasteiger partial charge in [-0.1, -0.05) is 30.7 Å². The average Bonchev–Trinajstić information content (AvgIpc) is 3.49. The first kappa shape index (κ1) is 36.2. The molecule has 1 aromatic carbocycles. The molecule has 3 atom stereocenters. The molecular weight excluding hydrogens is 726 g/mol. The number of carbonyl (C=O) groups is 3. The van der Waals surface area contributed by atoms with E-state index < -0.39 is 11.5 Å². The van der Waals surface area contributed by atoms with Crippen LogP contribution in [0.2, 0.25) is 5.02 Å². The Morgan fingerprint density at radius 1 is 1.11 bits per heavy atom. The minimum Gasteiger partial charge on any atom is -0.478 e. The first-order chi connectivity index (χ1) is 26.4. The van der Waals surface area contributed by atoms with Crippen molar-refractivity contribution >= 4 is 74.4 Å². The van der Waals surface area contributed by atoms with Gasteiger partial charge in [0.2, 0.25) is 17.8 Å². The van der Waals surface area contributed by atoms with Crippen LogP contribution in [-0.2, 0) is 28.5 Å². The number of pyridine rings is 2. The predicted molar refractivity (Wildman–Crippen MR) is 208 cm³/mol. The second-order valence-corrected chi connectivity index (χ2v) is 15.4. The number of hydrogen-bond acceptors (Lipinski definition) is 12. The van der Waals surface area contributed by atoms with Gasteiger partial charge in [-0.3, -0.25) is 33.7 Å². The number of piperidine rings is 1. The van der Waals surface area contributed by atoms with Gasteiger partial charge in [-0.2, -0.15) is 10.1 Å². The van der Waals surface area contributed by atoms with Crippen molar-refractivity contribution in [1.29, 1.82) is 0 Å². The molecule has 2 saturated heterocycles. The molecule has 1 spiro atoms. The number of anilines is 4. The fourth-order valence-electron chi connectivity index (χ4n) is 8.42. The number of fused-ring (bicyclic) bond motifs is 2. The van der Waals surface area contributed by atoms with E-state index in [1.165, 1.54) is 11.6 Å². The zero-order chi connectivity index (χ0) is 38.6. The second-order valence-electron chi connectivity index (χ2n) is 15.0. The molecule has 16 nitrogen and oxygen atoms in total. The molecule has 17 heteroatoms. The number of carbonyl (C=O) groups excluding carboxylic acids is 3. The van der Waals surface area contributed by atoms with Crippen molar-refractivity contribution in [3.05, 3.63) is 63.8 Å². The Balaban J connectivity index is 0.925. The van der Waals surface area contributed by atoms with Gasteiger partial charge in [0.15, 0.2) is 18.2 Å². The quantitative estimate of drug-likeness (QED) is 0.159. The van der Waals surface area contributed by atoms with Crippen LogP contribution in [0.4, 0.5) is 23.1 Å². The monoisotopic (exact) mass is 767 g/mol. The maximum absolute atomic E-state index is 12.8. The lowest BCUT2D eigenvalue weighted by molar-refractivity contribution is -0.134. The summed E-state index contributed by atoms with van der Waals surface area (Å²) >= 11 is 6.56. The summed E-state index contributed by atoms with van der Waals surface area (Å²) in [4.78, 5) is 64.9. The third-order valence-corrected chi connectivity index (χ3v) is 11.5. The molecule has 5 aromatic rings. The normalized spacial score (nSPS) is 20.7. The maximum atomic E-state index is 12.8. The molecule has 6 heterocycles. The molecule has 0 radical (unpaired) electrons. The molecule has 1 aliphatic carbocycles. The van der Waals surface area contributed by atoms with Crippen molar-refractivity contribution in [2.45, 2.75) is 51.0 Å². The van der Waals surface area contributed by atoms with E-state index in [-0.39, 0.29) is 41.5 Å². The number of nitrogens with zero attached hydrogens (tertiary/aromatic N) is 7. The van der Waals surface area contributed by atoms with Gasteiger partial charge in [0, 0.05) is 62.9 Å². The third-order valence-electron chi connectivity index (χ3n) is 11.2. The van der Waals surface area contributed by atoms with Crippen LogP contribution < -0.4 is 36.5 Å². The largest absolute Gasteiger partial charge is 0.478 e. The Labute approximate surface area is 321 Å². The van der Waals surface area contributed by atoms with Crippen LogP contribution in [-0.4, -0.2) is 79.8 Å². The molecule has 3 fully saturated rings. The van der Waals surface area contributed by atoms with Gasteiger partial charge >= 0.3 is 0 Å². The Hall–Kier alpha value is -5.77. The van der Waals surface area contributed by atoms with Crippen LogP contribution in [0.15, 0.2) is 47.5 Å². The highest BCUT2D eigenvalue weighted by Gasteiger charge is 2.48. The summed E-state index contributed by atoms with van der Waals surface area (Å²) in [5, 5.41) is 18.7. The Kier molecular flexibility index (Phi) is 9.31. The third kappa shape index (κ3) is 6.79. The number of amides is 3. The van der Waals surface area contributed by atoms with Crippen LogP contribution >= 0.6 is 11.6 Å². The molecule has 0 bridgehead atoms. The van der Waals surface area contributed by atoms with E-state index in [9.17, 15) is 19.2 Å². The zero-order valence-corrected chi connectivity index (χ0v) is 31.7. The van der Waals surface area contributed by atoms with Gasteiger partial charge in [-0.15, -0.1) is 0 Å². The molecule has 286 valence electrons. The first-order valence-corrected chi connectivity index (χ1v) is 18.7. The van der Waals surface area contributed by atoms with Gasteiger partial charge in [0.1, 0.15) is 10.7 Å². The fraction of sp³-hybridized carbons (Fsp3) is 0.421. The molecule has 8 rings (SSSR count). The molecule has 1 saturated carbocycles. The number of aromatic nitrogens is 6. The zero-order valence-electron chi connectivity index (χ0n) is 31.0. The fourth-order valence-corrected chi connectivity index (χ4v) is 8.56. The van der Waals surface area contributed by atoms with E-state index in [2.05, 4.69) is 49.1 Å².